The molecular formula is C16H16ClN3O2. The van der Waals surface area contributed by atoms with Gasteiger partial charge in [0.2, 0.25) is 11.8 Å². The third-order valence-electron chi connectivity index (χ3n) is 4.27. The standard InChI is InChI=1S/C16H16ClN3O2/c1-9-2-5-13(12(17)6-9)20-8-11(7-14(20)21)16-18-15(19-22-16)10-3-4-10/h2,5-6,10-11H,3-4,7-8H2,1H3. The Bertz CT molecular complexity index is 739. The molecular weight excluding hydrogens is 302 g/mol. The molecule has 0 N–H and O–H groups in total. The molecule has 2 heterocycles. The predicted molar refractivity (Wildman–Crippen MR) is 82.2 cm³/mol. The lowest BCUT2D eigenvalue weighted by Crippen LogP contribution is -2.24. The first kappa shape index (κ1) is 13.8. The van der Waals surface area contributed by atoms with Crippen LogP contribution in [0.4, 0.5) is 5.69 Å². The zero-order chi connectivity index (χ0) is 15.3. The van der Waals surface area contributed by atoms with E-state index in [-0.39, 0.29) is 11.8 Å². The minimum Gasteiger partial charge on any atom is -0.339 e. The second-order valence-corrected chi connectivity index (χ2v) is 6.53. The van der Waals surface area contributed by atoms with Crippen molar-refractivity contribution in [2.24, 2.45) is 0 Å². The van der Waals surface area contributed by atoms with Crippen LogP contribution < -0.4 is 4.90 Å². The molecule has 114 valence electrons. The molecule has 1 aliphatic heterocycles. The number of aromatic nitrogens is 2. The summed E-state index contributed by atoms with van der Waals surface area (Å²) in [7, 11) is 0. The molecule has 6 heteroatoms. The summed E-state index contributed by atoms with van der Waals surface area (Å²) in [5, 5.41) is 4.63. The van der Waals surface area contributed by atoms with Gasteiger partial charge in [0, 0.05) is 18.9 Å². The maximum absolute atomic E-state index is 12.3. The van der Waals surface area contributed by atoms with Crippen LogP contribution in [-0.2, 0) is 4.79 Å². The van der Waals surface area contributed by atoms with E-state index >= 15 is 0 Å². The minimum absolute atomic E-state index is 0.0434. The number of amides is 1. The number of nitrogens with zero attached hydrogens (tertiary/aromatic N) is 3. The summed E-state index contributed by atoms with van der Waals surface area (Å²) in [6.45, 7) is 2.51. The summed E-state index contributed by atoms with van der Waals surface area (Å²) < 4.78 is 5.36. The molecule has 4 rings (SSSR count). The smallest absolute Gasteiger partial charge is 0.232 e. The molecule has 0 radical (unpaired) electrons. The van der Waals surface area contributed by atoms with Crippen molar-refractivity contribution in [1.82, 2.24) is 10.1 Å². The van der Waals surface area contributed by atoms with Crippen LogP contribution in [0.25, 0.3) is 0 Å². The van der Waals surface area contributed by atoms with Crippen molar-refractivity contribution in [1.29, 1.82) is 0 Å². The fourth-order valence-corrected chi connectivity index (χ4v) is 3.19. The fourth-order valence-electron chi connectivity index (χ4n) is 2.86. The number of carbonyl (C=O) groups excluding carboxylic acids is 1. The average molecular weight is 318 g/mol. The van der Waals surface area contributed by atoms with Crippen LogP contribution in [0.15, 0.2) is 22.7 Å². The van der Waals surface area contributed by atoms with Gasteiger partial charge in [0.1, 0.15) is 0 Å². The van der Waals surface area contributed by atoms with Crippen LogP contribution in [0.1, 0.15) is 48.4 Å². The largest absolute Gasteiger partial charge is 0.339 e. The Kier molecular flexibility index (Phi) is 3.18. The summed E-state index contributed by atoms with van der Waals surface area (Å²) in [4.78, 5) is 18.5. The lowest BCUT2D eigenvalue weighted by atomic mass is 10.1. The van der Waals surface area contributed by atoms with Crippen LogP contribution in [0.3, 0.4) is 0 Å². The van der Waals surface area contributed by atoms with Crippen molar-refractivity contribution in [3.8, 4) is 0 Å². The van der Waals surface area contributed by atoms with Crippen molar-refractivity contribution in [3.05, 3.63) is 40.5 Å². The molecule has 0 spiro atoms. The minimum atomic E-state index is -0.0510. The molecule has 5 nitrogen and oxygen atoms in total. The number of benzene rings is 1. The molecule has 1 saturated heterocycles. The lowest BCUT2D eigenvalue weighted by molar-refractivity contribution is -0.117. The molecule has 22 heavy (non-hydrogen) atoms. The van der Waals surface area contributed by atoms with Crippen molar-refractivity contribution in [2.75, 3.05) is 11.4 Å². The van der Waals surface area contributed by atoms with Gasteiger partial charge in [-0.3, -0.25) is 4.79 Å². The van der Waals surface area contributed by atoms with Crippen molar-refractivity contribution in [3.63, 3.8) is 0 Å². The maximum atomic E-state index is 12.3. The number of hydrogen-bond donors (Lipinski definition) is 0. The first-order chi connectivity index (χ1) is 10.6. The molecule has 1 saturated carbocycles. The lowest BCUT2D eigenvalue weighted by Gasteiger charge is -2.18. The normalized spacial score (nSPS) is 21.6. The van der Waals surface area contributed by atoms with E-state index in [1.54, 1.807) is 4.90 Å². The van der Waals surface area contributed by atoms with E-state index in [2.05, 4.69) is 10.1 Å². The summed E-state index contributed by atoms with van der Waals surface area (Å²) in [6, 6.07) is 5.72. The molecule has 0 bridgehead atoms. The van der Waals surface area contributed by atoms with Crippen LogP contribution in [0.5, 0.6) is 0 Å². The van der Waals surface area contributed by atoms with E-state index < -0.39 is 0 Å². The van der Waals surface area contributed by atoms with E-state index in [1.807, 2.05) is 25.1 Å². The van der Waals surface area contributed by atoms with Gasteiger partial charge in [-0.2, -0.15) is 4.98 Å². The number of halogens is 1. The molecule has 2 aromatic rings. The van der Waals surface area contributed by atoms with E-state index in [0.29, 0.717) is 29.8 Å². The first-order valence-corrected chi connectivity index (χ1v) is 7.89. The summed E-state index contributed by atoms with van der Waals surface area (Å²) in [5.74, 6) is 1.80. The zero-order valence-electron chi connectivity index (χ0n) is 12.3. The molecule has 1 aromatic heterocycles. The molecule has 1 amide bonds. The van der Waals surface area contributed by atoms with Gasteiger partial charge in [0.15, 0.2) is 5.82 Å². The first-order valence-electron chi connectivity index (χ1n) is 7.52. The Morgan fingerprint density at radius 3 is 2.86 bits per heavy atom. The van der Waals surface area contributed by atoms with Crippen molar-refractivity contribution < 1.29 is 9.32 Å². The predicted octanol–water partition coefficient (Wildman–Crippen LogP) is 3.43. The maximum Gasteiger partial charge on any atom is 0.232 e. The topological polar surface area (TPSA) is 59.2 Å². The fraction of sp³-hybridized carbons (Fsp3) is 0.438. The van der Waals surface area contributed by atoms with Crippen LogP contribution in [0.2, 0.25) is 5.02 Å². The quantitative estimate of drug-likeness (QED) is 0.870. The van der Waals surface area contributed by atoms with Crippen LogP contribution in [-0.4, -0.2) is 22.6 Å². The summed E-state index contributed by atoms with van der Waals surface area (Å²) in [6.07, 6.45) is 2.65. The van der Waals surface area contributed by atoms with Crippen LogP contribution in [0, 0.1) is 6.92 Å². The Balaban J connectivity index is 1.57. The van der Waals surface area contributed by atoms with E-state index in [4.69, 9.17) is 16.1 Å². The van der Waals surface area contributed by atoms with Crippen molar-refractivity contribution >= 4 is 23.2 Å². The van der Waals surface area contributed by atoms with Gasteiger partial charge in [-0.15, -0.1) is 0 Å². The van der Waals surface area contributed by atoms with Crippen molar-refractivity contribution in [2.45, 2.75) is 38.0 Å². The highest BCUT2D eigenvalue weighted by Gasteiger charge is 2.37. The number of anilines is 1. The zero-order valence-corrected chi connectivity index (χ0v) is 13.0. The van der Waals surface area contributed by atoms with E-state index in [9.17, 15) is 4.79 Å². The Hall–Kier alpha value is -1.88. The van der Waals surface area contributed by atoms with Gasteiger partial charge in [-0.25, -0.2) is 0 Å². The number of hydrogen-bond acceptors (Lipinski definition) is 4. The SMILES string of the molecule is Cc1ccc(N2CC(c3nc(C4CC4)no3)CC2=O)c(Cl)c1. The Morgan fingerprint density at radius 1 is 1.32 bits per heavy atom. The van der Waals surface area contributed by atoms with Crippen LogP contribution >= 0.6 is 11.6 Å². The average Bonchev–Trinajstić information content (AvgIpc) is 3.08. The number of carbonyl (C=O) groups is 1. The highest BCUT2D eigenvalue weighted by atomic mass is 35.5. The summed E-state index contributed by atoms with van der Waals surface area (Å²) in [5.41, 5.74) is 1.82. The van der Waals surface area contributed by atoms with Gasteiger partial charge in [-0.05, 0) is 37.5 Å². The van der Waals surface area contributed by atoms with Gasteiger partial charge in [0.05, 0.1) is 16.6 Å². The highest BCUT2D eigenvalue weighted by molar-refractivity contribution is 6.34. The molecule has 1 atom stereocenters. The third kappa shape index (κ3) is 2.39. The molecule has 2 aliphatic rings. The molecule has 2 fully saturated rings. The highest BCUT2D eigenvalue weighted by Crippen LogP contribution is 2.40. The van der Waals surface area contributed by atoms with Gasteiger partial charge in [-0.1, -0.05) is 22.8 Å². The second-order valence-electron chi connectivity index (χ2n) is 6.13. The number of aryl methyl sites for hydroxylation is 1. The second kappa shape index (κ2) is 5.09. The molecule has 1 aliphatic carbocycles. The van der Waals surface area contributed by atoms with Gasteiger partial charge in [0.25, 0.3) is 0 Å². The van der Waals surface area contributed by atoms with Gasteiger partial charge < -0.3 is 9.42 Å². The van der Waals surface area contributed by atoms with E-state index in [0.717, 1.165) is 29.9 Å². The monoisotopic (exact) mass is 317 g/mol. The Morgan fingerprint density at radius 2 is 2.14 bits per heavy atom. The Labute approximate surface area is 133 Å². The number of rotatable bonds is 3. The third-order valence-corrected chi connectivity index (χ3v) is 4.57. The van der Waals surface area contributed by atoms with Gasteiger partial charge >= 0.3 is 0 Å². The molecule has 1 unspecified atom stereocenters. The summed E-state index contributed by atoms with van der Waals surface area (Å²) >= 11 is 6.28. The molecule has 1 aromatic carbocycles. The van der Waals surface area contributed by atoms with E-state index in [1.165, 1.54) is 0 Å².